The van der Waals surface area contributed by atoms with Crippen LogP contribution < -0.4 is 0 Å². The average Bonchev–Trinajstić information content (AvgIpc) is 3.03. The van der Waals surface area contributed by atoms with Crippen molar-refractivity contribution in [1.29, 1.82) is 0 Å². The van der Waals surface area contributed by atoms with Crippen LogP contribution in [0.3, 0.4) is 0 Å². The van der Waals surface area contributed by atoms with E-state index in [2.05, 4.69) is 0 Å². The monoisotopic (exact) mass is 407 g/mol. The van der Waals surface area contributed by atoms with Gasteiger partial charge >= 0.3 is 12.0 Å². The Labute approximate surface area is 170 Å². The second-order valence-corrected chi connectivity index (χ2v) is 7.62. The number of hydrogen-bond acceptors (Lipinski definition) is 4. The summed E-state index contributed by atoms with van der Waals surface area (Å²) in [5.41, 5.74) is 0.999. The number of likely N-dealkylation sites (tertiary alicyclic amines) is 1. The number of carbonyl (C=O) groups excluding carboxylic acids is 3. The smallest absolute Gasteiger partial charge is 0.320 e. The van der Waals surface area contributed by atoms with Crippen molar-refractivity contribution in [3.05, 3.63) is 34.9 Å². The van der Waals surface area contributed by atoms with Crippen molar-refractivity contribution in [3.63, 3.8) is 0 Å². The molecule has 28 heavy (non-hydrogen) atoms. The Kier molecular flexibility index (Phi) is 6.78. The molecule has 0 saturated carbocycles. The largest absolute Gasteiger partial charge is 0.466 e. The van der Waals surface area contributed by atoms with Crippen LogP contribution in [-0.4, -0.2) is 71.9 Å². The van der Waals surface area contributed by atoms with Crippen LogP contribution in [0, 0.1) is 5.92 Å². The third-order valence-corrected chi connectivity index (χ3v) is 5.44. The third kappa shape index (κ3) is 4.95. The molecule has 1 unspecified atom stereocenters. The van der Waals surface area contributed by atoms with Gasteiger partial charge in [0.15, 0.2) is 0 Å². The lowest BCUT2D eigenvalue weighted by molar-refractivity contribution is -0.151. The molecule has 0 spiro atoms. The van der Waals surface area contributed by atoms with Crippen molar-refractivity contribution >= 4 is 29.5 Å². The van der Waals surface area contributed by atoms with Gasteiger partial charge in [-0.05, 0) is 37.5 Å². The second kappa shape index (κ2) is 9.28. The van der Waals surface area contributed by atoms with Crippen LogP contribution >= 0.6 is 11.6 Å². The second-order valence-electron chi connectivity index (χ2n) is 7.18. The van der Waals surface area contributed by atoms with E-state index in [0.717, 1.165) is 18.4 Å². The molecule has 3 amide bonds. The number of rotatable bonds is 6. The Hall–Kier alpha value is -2.28. The zero-order chi connectivity index (χ0) is 20.1. The Balaban J connectivity index is 1.52. The average molecular weight is 408 g/mol. The molecule has 0 aliphatic carbocycles. The molecule has 0 aromatic heterocycles. The highest BCUT2D eigenvalue weighted by Gasteiger charge is 2.33. The molecular formula is C20H26ClN3O4. The first-order chi connectivity index (χ1) is 13.5. The molecule has 2 aliphatic rings. The normalized spacial score (nSPS) is 19.9. The minimum Gasteiger partial charge on any atom is -0.466 e. The van der Waals surface area contributed by atoms with Gasteiger partial charge in [-0.1, -0.05) is 23.7 Å². The number of amides is 3. The molecule has 0 bridgehead atoms. The first kappa shape index (κ1) is 20.5. The Morgan fingerprint density at radius 2 is 1.86 bits per heavy atom. The first-order valence-corrected chi connectivity index (χ1v) is 10.1. The summed E-state index contributed by atoms with van der Waals surface area (Å²) in [7, 11) is 0. The van der Waals surface area contributed by atoms with Crippen molar-refractivity contribution < 1.29 is 19.1 Å². The van der Waals surface area contributed by atoms with Gasteiger partial charge in [0, 0.05) is 37.7 Å². The van der Waals surface area contributed by atoms with E-state index in [1.807, 2.05) is 12.1 Å². The molecule has 1 aromatic carbocycles. The van der Waals surface area contributed by atoms with Crippen LogP contribution in [0.25, 0.3) is 0 Å². The number of piperidine rings is 1. The number of nitrogens with zero attached hydrogens (tertiary/aromatic N) is 3. The maximum atomic E-state index is 12.7. The minimum absolute atomic E-state index is 0.0471. The lowest BCUT2D eigenvalue weighted by Gasteiger charge is -2.32. The molecule has 0 N–H and O–H groups in total. The van der Waals surface area contributed by atoms with E-state index in [9.17, 15) is 14.4 Å². The van der Waals surface area contributed by atoms with E-state index in [1.165, 1.54) is 0 Å². The zero-order valence-corrected chi connectivity index (χ0v) is 16.9. The van der Waals surface area contributed by atoms with Crippen LogP contribution in [0.15, 0.2) is 24.3 Å². The van der Waals surface area contributed by atoms with E-state index in [0.29, 0.717) is 44.4 Å². The van der Waals surface area contributed by atoms with Crippen LogP contribution in [-0.2, 0) is 20.9 Å². The van der Waals surface area contributed by atoms with Gasteiger partial charge in [-0.15, -0.1) is 0 Å². The summed E-state index contributed by atoms with van der Waals surface area (Å²) in [6.07, 6.45) is 1.51. The quantitative estimate of drug-likeness (QED) is 0.679. The highest BCUT2D eigenvalue weighted by atomic mass is 35.5. The molecule has 2 fully saturated rings. The molecule has 0 radical (unpaired) electrons. The third-order valence-electron chi connectivity index (χ3n) is 5.19. The first-order valence-electron chi connectivity index (χ1n) is 9.70. The van der Waals surface area contributed by atoms with Gasteiger partial charge in [0.2, 0.25) is 5.91 Å². The summed E-state index contributed by atoms with van der Waals surface area (Å²) >= 11 is 5.90. The van der Waals surface area contributed by atoms with E-state index < -0.39 is 0 Å². The van der Waals surface area contributed by atoms with Crippen molar-refractivity contribution in [2.24, 2.45) is 5.92 Å². The predicted octanol–water partition coefficient (Wildman–Crippen LogP) is 2.38. The number of halogens is 1. The summed E-state index contributed by atoms with van der Waals surface area (Å²) in [4.78, 5) is 42.3. The number of carbonyl (C=O) groups is 3. The van der Waals surface area contributed by atoms with Crippen LogP contribution in [0.2, 0.25) is 5.02 Å². The summed E-state index contributed by atoms with van der Waals surface area (Å²) in [5.74, 6) is -0.629. The van der Waals surface area contributed by atoms with Crippen molar-refractivity contribution in [2.75, 3.05) is 39.3 Å². The molecule has 152 valence electrons. The predicted molar refractivity (Wildman–Crippen MR) is 105 cm³/mol. The van der Waals surface area contributed by atoms with Crippen LogP contribution in [0.4, 0.5) is 4.79 Å². The zero-order valence-electron chi connectivity index (χ0n) is 16.1. The van der Waals surface area contributed by atoms with Crippen LogP contribution in [0.5, 0.6) is 0 Å². The SMILES string of the molecule is CCOC(=O)C1CCCN(C(=O)CN2CCN(Cc3ccc(Cl)cc3)C2=O)C1. The fraction of sp³-hybridized carbons (Fsp3) is 0.550. The maximum Gasteiger partial charge on any atom is 0.320 e. The molecular weight excluding hydrogens is 382 g/mol. The Morgan fingerprint density at radius 3 is 2.57 bits per heavy atom. The lowest BCUT2D eigenvalue weighted by atomic mass is 9.98. The summed E-state index contributed by atoms with van der Waals surface area (Å²) in [5, 5.41) is 0.659. The molecule has 2 aliphatic heterocycles. The lowest BCUT2D eigenvalue weighted by Crippen LogP contribution is -2.47. The maximum absolute atomic E-state index is 12.7. The van der Waals surface area contributed by atoms with E-state index >= 15 is 0 Å². The van der Waals surface area contributed by atoms with Crippen molar-refractivity contribution in [1.82, 2.24) is 14.7 Å². The molecule has 3 rings (SSSR count). The fourth-order valence-electron chi connectivity index (χ4n) is 3.66. The summed E-state index contributed by atoms with van der Waals surface area (Å²) in [6, 6.07) is 7.26. The van der Waals surface area contributed by atoms with Gasteiger partial charge in [-0.2, -0.15) is 0 Å². The van der Waals surface area contributed by atoms with E-state index in [1.54, 1.807) is 33.8 Å². The van der Waals surface area contributed by atoms with E-state index in [-0.39, 0.29) is 30.4 Å². The van der Waals surface area contributed by atoms with E-state index in [4.69, 9.17) is 16.3 Å². The number of benzene rings is 1. The summed E-state index contributed by atoms with van der Waals surface area (Å²) in [6.45, 7) is 4.75. The Morgan fingerprint density at radius 1 is 1.14 bits per heavy atom. The van der Waals surface area contributed by atoms with Crippen LogP contribution in [0.1, 0.15) is 25.3 Å². The minimum atomic E-state index is -0.270. The molecule has 8 heteroatoms. The molecule has 1 atom stereocenters. The molecule has 2 saturated heterocycles. The highest BCUT2D eigenvalue weighted by molar-refractivity contribution is 6.30. The molecule has 7 nitrogen and oxygen atoms in total. The van der Waals surface area contributed by atoms with Gasteiger partial charge in [-0.3, -0.25) is 9.59 Å². The highest BCUT2D eigenvalue weighted by Crippen LogP contribution is 2.20. The summed E-state index contributed by atoms with van der Waals surface area (Å²) < 4.78 is 5.08. The van der Waals surface area contributed by atoms with Crippen molar-refractivity contribution in [2.45, 2.75) is 26.3 Å². The molecule has 2 heterocycles. The van der Waals surface area contributed by atoms with Gasteiger partial charge in [0.1, 0.15) is 6.54 Å². The number of esters is 1. The van der Waals surface area contributed by atoms with Gasteiger partial charge < -0.3 is 19.4 Å². The molecule has 1 aromatic rings. The number of hydrogen-bond donors (Lipinski definition) is 0. The topological polar surface area (TPSA) is 70.2 Å². The van der Waals surface area contributed by atoms with Crippen molar-refractivity contribution in [3.8, 4) is 0 Å². The van der Waals surface area contributed by atoms with Gasteiger partial charge in [0.05, 0.1) is 12.5 Å². The standard InChI is InChI=1S/C20H26ClN3O4/c1-2-28-19(26)16-4-3-9-22(13-16)18(25)14-24-11-10-23(20(24)27)12-15-5-7-17(21)8-6-15/h5-8,16H,2-4,9-14H2,1H3. The fourth-order valence-corrected chi connectivity index (χ4v) is 3.78. The van der Waals surface area contributed by atoms with Gasteiger partial charge in [-0.25, -0.2) is 4.79 Å². The van der Waals surface area contributed by atoms with Gasteiger partial charge in [0.25, 0.3) is 0 Å². The Bertz CT molecular complexity index is 725. The number of ether oxygens (including phenoxy) is 1. The number of urea groups is 1.